The van der Waals surface area contributed by atoms with Crippen LogP contribution in [0.15, 0.2) is 46.9 Å². The van der Waals surface area contributed by atoms with Gasteiger partial charge in [0.1, 0.15) is 5.82 Å². The van der Waals surface area contributed by atoms with Crippen LogP contribution in [0.25, 0.3) is 0 Å². The first-order chi connectivity index (χ1) is 13.3. The third-order valence-electron chi connectivity index (χ3n) is 4.40. The Kier molecular flexibility index (Phi) is 6.08. The SMILES string of the molecule is Cc1cc(Br)ccc1NC(=O)COC(=O)[C@H]1CC(=O)N(c2ccc(F)cc2)C1. The average molecular weight is 449 g/mol. The van der Waals surface area contributed by atoms with Crippen molar-refractivity contribution in [3.05, 3.63) is 58.3 Å². The Labute approximate surface area is 169 Å². The summed E-state index contributed by atoms with van der Waals surface area (Å²) in [5, 5.41) is 2.68. The first kappa shape index (κ1) is 20.0. The maximum absolute atomic E-state index is 13.0. The molecule has 0 saturated carbocycles. The minimum Gasteiger partial charge on any atom is -0.455 e. The molecular formula is C20H18BrFN2O4. The van der Waals surface area contributed by atoms with Crippen LogP contribution in [0.3, 0.4) is 0 Å². The van der Waals surface area contributed by atoms with Gasteiger partial charge in [-0.15, -0.1) is 0 Å². The van der Waals surface area contributed by atoms with Crippen molar-refractivity contribution in [2.75, 3.05) is 23.4 Å². The minimum atomic E-state index is -0.667. The summed E-state index contributed by atoms with van der Waals surface area (Å²) in [6, 6.07) is 10.9. The number of halogens is 2. The number of carbonyl (C=O) groups excluding carboxylic acids is 3. The van der Waals surface area contributed by atoms with Crippen molar-refractivity contribution < 1.29 is 23.5 Å². The fraction of sp³-hybridized carbons (Fsp3) is 0.250. The van der Waals surface area contributed by atoms with Gasteiger partial charge in [-0.25, -0.2) is 4.39 Å². The van der Waals surface area contributed by atoms with E-state index in [1.54, 1.807) is 12.1 Å². The number of ether oxygens (including phenoxy) is 1. The van der Waals surface area contributed by atoms with Crippen LogP contribution in [0.2, 0.25) is 0 Å². The van der Waals surface area contributed by atoms with Gasteiger partial charge in [0.15, 0.2) is 6.61 Å². The number of carbonyl (C=O) groups is 3. The zero-order chi connectivity index (χ0) is 20.3. The second-order valence-corrected chi connectivity index (χ2v) is 7.41. The Morgan fingerprint density at radius 1 is 1.25 bits per heavy atom. The molecule has 0 aliphatic carbocycles. The number of nitrogens with zero attached hydrogens (tertiary/aromatic N) is 1. The number of aryl methyl sites for hydroxylation is 1. The van der Waals surface area contributed by atoms with Crippen LogP contribution in [0.1, 0.15) is 12.0 Å². The summed E-state index contributed by atoms with van der Waals surface area (Å²) in [5.74, 6) is -2.39. The van der Waals surface area contributed by atoms with Crippen LogP contribution >= 0.6 is 15.9 Å². The molecule has 0 radical (unpaired) electrons. The Balaban J connectivity index is 1.53. The van der Waals surface area contributed by atoms with Gasteiger partial charge in [0.2, 0.25) is 5.91 Å². The molecule has 1 N–H and O–H groups in total. The van der Waals surface area contributed by atoms with Crippen LogP contribution in [0.5, 0.6) is 0 Å². The van der Waals surface area contributed by atoms with Crippen molar-refractivity contribution in [1.29, 1.82) is 0 Å². The van der Waals surface area contributed by atoms with Gasteiger partial charge >= 0.3 is 5.97 Å². The Hall–Kier alpha value is -2.74. The van der Waals surface area contributed by atoms with E-state index in [2.05, 4.69) is 21.2 Å². The monoisotopic (exact) mass is 448 g/mol. The van der Waals surface area contributed by atoms with Crippen molar-refractivity contribution >= 4 is 45.1 Å². The van der Waals surface area contributed by atoms with Crippen molar-refractivity contribution in [3.63, 3.8) is 0 Å². The Morgan fingerprint density at radius 3 is 2.64 bits per heavy atom. The van der Waals surface area contributed by atoms with Gasteiger partial charge in [-0.1, -0.05) is 15.9 Å². The number of nitrogens with one attached hydrogen (secondary N) is 1. The molecule has 1 aliphatic rings. The summed E-state index contributed by atoms with van der Waals surface area (Å²) in [4.78, 5) is 37.9. The van der Waals surface area contributed by atoms with E-state index < -0.39 is 30.2 Å². The maximum atomic E-state index is 13.0. The van der Waals surface area contributed by atoms with E-state index in [0.717, 1.165) is 10.0 Å². The summed E-state index contributed by atoms with van der Waals surface area (Å²) in [6.07, 6.45) is -0.0103. The molecule has 1 aliphatic heterocycles. The van der Waals surface area contributed by atoms with Crippen LogP contribution in [0, 0.1) is 18.7 Å². The Bertz CT molecular complexity index is 917. The molecule has 1 saturated heterocycles. The van der Waals surface area contributed by atoms with Gasteiger partial charge in [0, 0.05) is 28.8 Å². The number of esters is 1. The summed E-state index contributed by atoms with van der Waals surface area (Å²) in [5.41, 5.74) is 2.01. The zero-order valence-electron chi connectivity index (χ0n) is 15.1. The smallest absolute Gasteiger partial charge is 0.311 e. The van der Waals surface area contributed by atoms with E-state index in [9.17, 15) is 18.8 Å². The van der Waals surface area contributed by atoms with Crippen LogP contribution in [-0.2, 0) is 19.1 Å². The Morgan fingerprint density at radius 2 is 1.96 bits per heavy atom. The number of hydrogen-bond acceptors (Lipinski definition) is 4. The summed E-state index contributed by atoms with van der Waals surface area (Å²) < 4.78 is 19.0. The highest BCUT2D eigenvalue weighted by molar-refractivity contribution is 9.10. The molecule has 0 bridgehead atoms. The third kappa shape index (κ3) is 4.75. The molecule has 1 heterocycles. The lowest BCUT2D eigenvalue weighted by atomic mass is 10.1. The molecule has 1 atom stereocenters. The average Bonchev–Trinajstić information content (AvgIpc) is 3.04. The number of anilines is 2. The lowest BCUT2D eigenvalue weighted by Crippen LogP contribution is -2.28. The standard InChI is InChI=1S/C20H18BrFN2O4/c1-12-8-14(21)2-7-17(12)23-18(25)11-28-20(27)13-9-19(26)24(10-13)16-5-3-15(22)4-6-16/h2-8,13H,9-11H2,1H3,(H,23,25)/t13-/m0/s1. The molecule has 2 aromatic rings. The fourth-order valence-electron chi connectivity index (χ4n) is 2.94. The molecule has 0 unspecified atom stereocenters. The van der Waals surface area contributed by atoms with Crippen LogP contribution in [0.4, 0.5) is 15.8 Å². The normalized spacial score (nSPS) is 16.2. The van der Waals surface area contributed by atoms with Gasteiger partial charge in [0.05, 0.1) is 5.92 Å². The van der Waals surface area contributed by atoms with E-state index in [-0.39, 0.29) is 18.9 Å². The van der Waals surface area contributed by atoms with Crippen molar-refractivity contribution in [3.8, 4) is 0 Å². The lowest BCUT2D eigenvalue weighted by molar-refractivity contribution is -0.151. The number of hydrogen-bond donors (Lipinski definition) is 1. The van der Waals surface area contributed by atoms with Gasteiger partial charge in [0.25, 0.3) is 5.91 Å². The quantitative estimate of drug-likeness (QED) is 0.710. The highest BCUT2D eigenvalue weighted by Gasteiger charge is 2.36. The largest absolute Gasteiger partial charge is 0.455 e. The maximum Gasteiger partial charge on any atom is 0.311 e. The third-order valence-corrected chi connectivity index (χ3v) is 4.90. The first-order valence-electron chi connectivity index (χ1n) is 8.62. The zero-order valence-corrected chi connectivity index (χ0v) is 16.7. The molecular weight excluding hydrogens is 431 g/mol. The van der Waals surface area contributed by atoms with Gasteiger partial charge < -0.3 is 15.0 Å². The minimum absolute atomic E-state index is 0.0103. The summed E-state index contributed by atoms with van der Waals surface area (Å²) >= 11 is 3.35. The number of rotatable bonds is 5. The van der Waals surface area contributed by atoms with Crippen LogP contribution < -0.4 is 10.2 Å². The lowest BCUT2D eigenvalue weighted by Gasteiger charge is -2.16. The van der Waals surface area contributed by atoms with Crippen molar-refractivity contribution in [2.24, 2.45) is 5.92 Å². The van der Waals surface area contributed by atoms with Crippen molar-refractivity contribution in [1.82, 2.24) is 0 Å². The summed E-state index contributed by atoms with van der Waals surface area (Å²) in [6.45, 7) is 1.55. The molecule has 2 amide bonds. The van der Waals surface area contributed by atoms with Crippen molar-refractivity contribution in [2.45, 2.75) is 13.3 Å². The second kappa shape index (κ2) is 8.52. The number of amides is 2. The number of benzene rings is 2. The van der Waals surface area contributed by atoms with E-state index in [1.807, 2.05) is 13.0 Å². The molecule has 146 valence electrons. The first-order valence-corrected chi connectivity index (χ1v) is 9.41. The predicted octanol–water partition coefficient (Wildman–Crippen LogP) is 3.43. The highest BCUT2D eigenvalue weighted by Crippen LogP contribution is 2.26. The predicted molar refractivity (Wildman–Crippen MR) is 105 cm³/mol. The summed E-state index contributed by atoms with van der Waals surface area (Å²) in [7, 11) is 0. The molecule has 0 aromatic heterocycles. The topological polar surface area (TPSA) is 75.7 Å². The van der Waals surface area contributed by atoms with E-state index >= 15 is 0 Å². The molecule has 0 spiro atoms. The molecule has 28 heavy (non-hydrogen) atoms. The van der Waals surface area contributed by atoms with Gasteiger partial charge in [-0.2, -0.15) is 0 Å². The highest BCUT2D eigenvalue weighted by atomic mass is 79.9. The molecule has 1 fully saturated rings. The molecule has 2 aromatic carbocycles. The van der Waals surface area contributed by atoms with E-state index in [4.69, 9.17) is 4.74 Å². The second-order valence-electron chi connectivity index (χ2n) is 6.50. The molecule has 6 nitrogen and oxygen atoms in total. The molecule has 8 heteroatoms. The fourth-order valence-corrected chi connectivity index (χ4v) is 3.42. The van der Waals surface area contributed by atoms with Crippen LogP contribution in [-0.4, -0.2) is 30.9 Å². The molecule has 3 rings (SSSR count). The van der Waals surface area contributed by atoms with E-state index in [1.165, 1.54) is 29.2 Å². The van der Waals surface area contributed by atoms with E-state index in [0.29, 0.717) is 11.4 Å². The van der Waals surface area contributed by atoms with Gasteiger partial charge in [-0.3, -0.25) is 14.4 Å². The van der Waals surface area contributed by atoms with Gasteiger partial charge in [-0.05, 0) is 55.0 Å².